The van der Waals surface area contributed by atoms with E-state index in [2.05, 4.69) is 5.32 Å². The van der Waals surface area contributed by atoms with Crippen molar-refractivity contribution in [1.29, 1.82) is 0 Å². The largest absolute Gasteiger partial charge is 0.454 e. The number of fused-ring (bicyclic) bond motifs is 3. The van der Waals surface area contributed by atoms with Crippen molar-refractivity contribution in [3.05, 3.63) is 71.8 Å². The van der Waals surface area contributed by atoms with E-state index >= 15 is 0 Å². The maximum atomic E-state index is 13.4. The second kappa shape index (κ2) is 9.07. The molecule has 8 nitrogen and oxygen atoms in total. The smallest absolute Gasteiger partial charge is 0.240 e. The SMILES string of the molecule is O=C(CN1C(=O)CC(c2ccc3c(c2)OCO3)Sc2ccccc21)NCc1ccc2c(c1)OCO2. The van der Waals surface area contributed by atoms with Crippen LogP contribution in [0.3, 0.4) is 0 Å². The van der Waals surface area contributed by atoms with Crippen LogP contribution >= 0.6 is 11.8 Å². The van der Waals surface area contributed by atoms with E-state index in [0.29, 0.717) is 29.5 Å². The van der Waals surface area contributed by atoms with Crippen molar-refractivity contribution in [2.75, 3.05) is 25.0 Å². The summed E-state index contributed by atoms with van der Waals surface area (Å²) in [4.78, 5) is 28.8. The van der Waals surface area contributed by atoms with E-state index in [1.165, 1.54) is 0 Å². The van der Waals surface area contributed by atoms with Gasteiger partial charge in [-0.05, 0) is 47.5 Å². The van der Waals surface area contributed by atoms with Crippen LogP contribution in [0.4, 0.5) is 5.69 Å². The molecule has 0 spiro atoms. The van der Waals surface area contributed by atoms with E-state index in [4.69, 9.17) is 18.9 Å². The molecular formula is C26H22N2O6S. The lowest BCUT2D eigenvalue weighted by atomic mass is 10.1. The first-order valence-corrected chi connectivity index (χ1v) is 12.1. The van der Waals surface area contributed by atoms with Crippen LogP contribution in [0.25, 0.3) is 0 Å². The van der Waals surface area contributed by atoms with Crippen LogP contribution in [0.15, 0.2) is 65.6 Å². The summed E-state index contributed by atoms with van der Waals surface area (Å²) in [5, 5.41) is 2.80. The first kappa shape index (κ1) is 21.7. The number of carbonyl (C=O) groups is 2. The van der Waals surface area contributed by atoms with Crippen LogP contribution in [0.2, 0.25) is 0 Å². The minimum Gasteiger partial charge on any atom is -0.454 e. The molecule has 3 aliphatic heterocycles. The van der Waals surface area contributed by atoms with Gasteiger partial charge in [0, 0.05) is 23.1 Å². The third kappa shape index (κ3) is 4.35. The van der Waals surface area contributed by atoms with E-state index in [1.807, 2.05) is 60.7 Å². The number of ether oxygens (including phenoxy) is 4. The van der Waals surface area contributed by atoms with Gasteiger partial charge in [-0.15, -0.1) is 11.8 Å². The number of benzene rings is 3. The van der Waals surface area contributed by atoms with Crippen molar-refractivity contribution in [2.45, 2.75) is 23.1 Å². The second-order valence-electron chi connectivity index (χ2n) is 8.34. The molecule has 0 saturated heterocycles. The highest BCUT2D eigenvalue weighted by Gasteiger charge is 2.31. The van der Waals surface area contributed by atoms with Gasteiger partial charge in [0.25, 0.3) is 0 Å². The fraction of sp³-hybridized carbons (Fsp3) is 0.231. The van der Waals surface area contributed by atoms with Gasteiger partial charge in [0.15, 0.2) is 23.0 Å². The summed E-state index contributed by atoms with van der Waals surface area (Å²) in [7, 11) is 0. The fourth-order valence-electron chi connectivity index (χ4n) is 4.30. The fourth-order valence-corrected chi connectivity index (χ4v) is 5.57. The van der Waals surface area contributed by atoms with Gasteiger partial charge in [0.05, 0.1) is 5.69 Å². The first-order chi connectivity index (χ1) is 17.1. The quantitative estimate of drug-likeness (QED) is 0.578. The van der Waals surface area contributed by atoms with Crippen LogP contribution in [-0.4, -0.2) is 31.9 Å². The van der Waals surface area contributed by atoms with Gasteiger partial charge < -0.3 is 29.2 Å². The lowest BCUT2D eigenvalue weighted by molar-refractivity contribution is -0.124. The summed E-state index contributed by atoms with van der Waals surface area (Å²) in [5.74, 6) is 2.41. The Morgan fingerprint density at radius 2 is 1.63 bits per heavy atom. The summed E-state index contributed by atoms with van der Waals surface area (Å²) >= 11 is 1.62. The molecular weight excluding hydrogens is 468 g/mol. The number of rotatable bonds is 5. The zero-order valence-electron chi connectivity index (χ0n) is 18.7. The van der Waals surface area contributed by atoms with Gasteiger partial charge in [-0.1, -0.05) is 24.3 Å². The maximum absolute atomic E-state index is 13.4. The number of nitrogens with zero attached hydrogens (tertiary/aromatic N) is 1. The minimum atomic E-state index is -0.239. The summed E-state index contributed by atoms with van der Waals surface area (Å²) < 4.78 is 21.7. The molecule has 0 aromatic heterocycles. The minimum absolute atomic E-state index is 0.0607. The summed E-state index contributed by atoms with van der Waals surface area (Å²) in [5.41, 5.74) is 2.61. The number of para-hydroxylation sites is 1. The number of thioether (sulfide) groups is 1. The number of carbonyl (C=O) groups excluding carboxylic acids is 2. The molecule has 3 heterocycles. The predicted molar refractivity (Wildman–Crippen MR) is 129 cm³/mol. The number of amides is 2. The molecule has 0 bridgehead atoms. The van der Waals surface area contributed by atoms with Crippen molar-refractivity contribution in [3.63, 3.8) is 0 Å². The highest BCUT2D eigenvalue weighted by atomic mass is 32.2. The van der Waals surface area contributed by atoms with E-state index in [0.717, 1.165) is 21.7 Å². The van der Waals surface area contributed by atoms with Crippen molar-refractivity contribution in [3.8, 4) is 23.0 Å². The number of hydrogen-bond acceptors (Lipinski definition) is 7. The molecule has 35 heavy (non-hydrogen) atoms. The third-order valence-corrected chi connectivity index (χ3v) is 7.41. The Labute approximate surface area is 206 Å². The molecule has 6 rings (SSSR count). The van der Waals surface area contributed by atoms with Gasteiger partial charge in [-0.3, -0.25) is 9.59 Å². The number of nitrogens with one attached hydrogen (secondary N) is 1. The van der Waals surface area contributed by atoms with Crippen molar-refractivity contribution in [2.24, 2.45) is 0 Å². The van der Waals surface area contributed by atoms with E-state index in [9.17, 15) is 9.59 Å². The lowest BCUT2D eigenvalue weighted by Gasteiger charge is -2.22. The zero-order chi connectivity index (χ0) is 23.8. The van der Waals surface area contributed by atoms with Crippen LogP contribution in [0.5, 0.6) is 23.0 Å². The number of hydrogen-bond donors (Lipinski definition) is 1. The zero-order valence-corrected chi connectivity index (χ0v) is 19.5. The van der Waals surface area contributed by atoms with Gasteiger partial charge >= 0.3 is 0 Å². The third-order valence-electron chi connectivity index (χ3n) is 6.08. The van der Waals surface area contributed by atoms with Crippen LogP contribution in [-0.2, 0) is 16.1 Å². The Bertz CT molecular complexity index is 1310. The molecule has 1 N–H and O–H groups in total. The van der Waals surface area contributed by atoms with Gasteiger partial charge in [0.1, 0.15) is 6.54 Å². The Morgan fingerprint density at radius 3 is 2.46 bits per heavy atom. The average molecular weight is 491 g/mol. The van der Waals surface area contributed by atoms with Gasteiger partial charge in [-0.2, -0.15) is 0 Å². The van der Waals surface area contributed by atoms with Crippen molar-refractivity contribution >= 4 is 29.3 Å². The van der Waals surface area contributed by atoms with E-state index in [-0.39, 0.29) is 43.6 Å². The average Bonchev–Trinajstić information content (AvgIpc) is 3.51. The molecule has 9 heteroatoms. The topological polar surface area (TPSA) is 86.3 Å². The highest BCUT2D eigenvalue weighted by Crippen LogP contribution is 2.47. The Kier molecular flexibility index (Phi) is 5.61. The Balaban J connectivity index is 1.18. The van der Waals surface area contributed by atoms with Crippen LogP contribution in [0, 0.1) is 0 Å². The molecule has 3 aliphatic rings. The summed E-state index contributed by atoms with van der Waals surface area (Å²) in [6, 6.07) is 19.0. The van der Waals surface area contributed by atoms with Crippen molar-refractivity contribution in [1.82, 2.24) is 5.32 Å². The first-order valence-electron chi connectivity index (χ1n) is 11.2. The molecule has 0 fully saturated rings. The lowest BCUT2D eigenvalue weighted by Crippen LogP contribution is -2.40. The van der Waals surface area contributed by atoms with E-state index < -0.39 is 0 Å². The molecule has 0 saturated carbocycles. The number of anilines is 1. The molecule has 3 aromatic carbocycles. The van der Waals surface area contributed by atoms with Crippen LogP contribution in [0.1, 0.15) is 22.8 Å². The molecule has 3 aromatic rings. The van der Waals surface area contributed by atoms with E-state index in [1.54, 1.807) is 16.7 Å². The maximum Gasteiger partial charge on any atom is 0.240 e. The molecule has 1 unspecified atom stereocenters. The monoisotopic (exact) mass is 490 g/mol. The van der Waals surface area contributed by atoms with Gasteiger partial charge in [-0.25, -0.2) is 0 Å². The normalized spacial score (nSPS) is 17.7. The predicted octanol–water partition coefficient (Wildman–Crippen LogP) is 4.03. The van der Waals surface area contributed by atoms with Crippen LogP contribution < -0.4 is 29.2 Å². The summed E-state index contributed by atoms with van der Waals surface area (Å²) in [6.45, 7) is 0.670. The Morgan fingerprint density at radius 1 is 0.914 bits per heavy atom. The molecule has 1 atom stereocenters. The molecule has 0 radical (unpaired) electrons. The molecule has 178 valence electrons. The highest BCUT2D eigenvalue weighted by molar-refractivity contribution is 7.99. The Hall–Kier alpha value is -3.85. The second-order valence-corrected chi connectivity index (χ2v) is 9.58. The molecule has 0 aliphatic carbocycles. The standard InChI is InChI=1S/C26H22N2O6S/c29-25(27-12-16-5-7-19-21(9-16)33-14-31-19)13-28-18-3-1-2-4-23(18)35-24(11-26(28)30)17-6-8-20-22(10-17)34-15-32-20/h1-10,24H,11-15H2,(H,27,29). The van der Waals surface area contributed by atoms with Crippen molar-refractivity contribution < 1.29 is 28.5 Å². The summed E-state index contributed by atoms with van der Waals surface area (Å²) in [6.07, 6.45) is 0.258. The molecule has 2 amide bonds. The van der Waals surface area contributed by atoms with Gasteiger partial charge in [0.2, 0.25) is 25.4 Å².